The second-order valence-electron chi connectivity index (χ2n) is 4.82. The molecule has 0 aliphatic rings. The lowest BCUT2D eigenvalue weighted by molar-refractivity contribution is 0.415. The zero-order valence-electron chi connectivity index (χ0n) is 12.7. The zero-order valence-corrected chi connectivity index (χ0v) is 12.7. The largest absolute Gasteiger partial charge is 0.497 e. The summed E-state index contributed by atoms with van der Waals surface area (Å²) in [5.41, 5.74) is 3.25. The molecule has 0 aliphatic heterocycles. The van der Waals surface area contributed by atoms with Crippen molar-refractivity contribution in [2.24, 2.45) is 4.99 Å². The summed E-state index contributed by atoms with van der Waals surface area (Å²) in [5, 5.41) is 0. The molecule has 0 bridgehead atoms. The van der Waals surface area contributed by atoms with Gasteiger partial charge in [-0.25, -0.2) is 0 Å². The third-order valence-electron chi connectivity index (χ3n) is 3.08. The van der Waals surface area contributed by atoms with Gasteiger partial charge in [0.2, 0.25) is 0 Å². The van der Waals surface area contributed by atoms with E-state index in [0.717, 1.165) is 17.0 Å². The van der Waals surface area contributed by atoms with Crippen molar-refractivity contribution in [2.75, 3.05) is 26.1 Å². The topological polar surface area (TPSA) is 24.8 Å². The molecule has 0 saturated carbocycles. The molecule has 0 saturated heterocycles. The van der Waals surface area contributed by atoms with Crippen LogP contribution in [0, 0.1) is 0 Å². The van der Waals surface area contributed by atoms with E-state index in [0.29, 0.717) is 0 Å². The Balaban J connectivity index is 1.96. The molecule has 0 heterocycles. The first kappa shape index (κ1) is 14.9. The first-order chi connectivity index (χ1) is 10.2. The normalized spacial score (nSPS) is 11.2. The van der Waals surface area contributed by atoms with Gasteiger partial charge in [-0.3, -0.25) is 4.99 Å². The van der Waals surface area contributed by atoms with Crippen molar-refractivity contribution in [3.8, 4) is 5.75 Å². The third-order valence-corrected chi connectivity index (χ3v) is 3.08. The Kier molecular flexibility index (Phi) is 5.16. The number of benzene rings is 2. The maximum absolute atomic E-state index is 5.11. The van der Waals surface area contributed by atoms with Crippen LogP contribution in [0.15, 0.2) is 59.6 Å². The molecule has 2 rings (SSSR count). The fourth-order valence-corrected chi connectivity index (χ4v) is 1.84. The highest BCUT2D eigenvalue weighted by atomic mass is 16.5. The fourth-order valence-electron chi connectivity index (χ4n) is 1.84. The monoisotopic (exact) mass is 280 g/mol. The molecule has 2 aromatic rings. The molecule has 2 aromatic carbocycles. The van der Waals surface area contributed by atoms with Crippen molar-refractivity contribution in [1.29, 1.82) is 0 Å². The van der Waals surface area contributed by atoms with Gasteiger partial charge in [0, 0.05) is 26.0 Å². The molecule has 0 atom stereocenters. The molecule has 0 radical (unpaired) electrons. The molecule has 3 nitrogen and oxygen atoms in total. The lowest BCUT2D eigenvalue weighted by atomic mass is 10.2. The van der Waals surface area contributed by atoms with Gasteiger partial charge in [0.15, 0.2) is 0 Å². The highest BCUT2D eigenvalue weighted by Crippen LogP contribution is 2.17. The standard InChI is InChI=1S/C18H20N2O/c1-20(2)17-10-6-15(7-11-17)5-4-14-19-16-8-12-18(21-3)13-9-16/h4-14H,1-3H3/b5-4+,19-14?. The quantitative estimate of drug-likeness (QED) is 0.768. The Morgan fingerprint density at radius 2 is 1.62 bits per heavy atom. The number of nitrogens with zero attached hydrogens (tertiary/aromatic N) is 2. The van der Waals surface area contributed by atoms with E-state index in [4.69, 9.17) is 4.74 Å². The van der Waals surface area contributed by atoms with Crippen molar-refractivity contribution >= 4 is 23.7 Å². The minimum Gasteiger partial charge on any atom is -0.497 e. The van der Waals surface area contributed by atoms with Crippen LogP contribution in [-0.4, -0.2) is 27.4 Å². The van der Waals surface area contributed by atoms with Gasteiger partial charge in [-0.05, 0) is 48.0 Å². The molecule has 3 heteroatoms. The minimum atomic E-state index is 0.838. The number of aliphatic imine (C=N–C) groups is 1. The lowest BCUT2D eigenvalue weighted by Crippen LogP contribution is -2.07. The van der Waals surface area contributed by atoms with Gasteiger partial charge in [-0.15, -0.1) is 0 Å². The summed E-state index contributed by atoms with van der Waals surface area (Å²) in [6, 6.07) is 16.0. The molecule has 0 spiro atoms. The number of rotatable bonds is 5. The second-order valence-corrected chi connectivity index (χ2v) is 4.82. The maximum Gasteiger partial charge on any atom is 0.119 e. The van der Waals surface area contributed by atoms with Crippen molar-refractivity contribution in [3.63, 3.8) is 0 Å². The summed E-state index contributed by atoms with van der Waals surface area (Å²) in [7, 11) is 5.72. The first-order valence-corrected chi connectivity index (χ1v) is 6.81. The summed E-state index contributed by atoms with van der Waals surface area (Å²) in [4.78, 5) is 6.45. The van der Waals surface area contributed by atoms with E-state index in [2.05, 4.69) is 34.2 Å². The van der Waals surface area contributed by atoms with Crippen LogP contribution in [0.25, 0.3) is 6.08 Å². The average Bonchev–Trinajstić information content (AvgIpc) is 2.52. The summed E-state index contributed by atoms with van der Waals surface area (Å²) < 4.78 is 5.11. The van der Waals surface area contributed by atoms with Crippen molar-refractivity contribution in [2.45, 2.75) is 0 Å². The smallest absolute Gasteiger partial charge is 0.119 e. The Labute approximate surface area is 126 Å². The van der Waals surface area contributed by atoms with E-state index in [1.807, 2.05) is 50.5 Å². The molecule has 0 unspecified atom stereocenters. The Bertz CT molecular complexity index is 611. The Morgan fingerprint density at radius 1 is 0.952 bits per heavy atom. The minimum absolute atomic E-state index is 0.838. The summed E-state index contributed by atoms with van der Waals surface area (Å²) >= 11 is 0. The highest BCUT2D eigenvalue weighted by Gasteiger charge is 1.93. The van der Waals surface area contributed by atoms with Crippen molar-refractivity contribution in [3.05, 3.63) is 60.2 Å². The lowest BCUT2D eigenvalue weighted by Gasteiger charge is -2.11. The number of anilines is 1. The van der Waals surface area contributed by atoms with Crippen LogP contribution in [-0.2, 0) is 0 Å². The molecule has 0 fully saturated rings. The number of ether oxygens (including phenoxy) is 1. The van der Waals surface area contributed by atoms with Crippen LogP contribution in [0.2, 0.25) is 0 Å². The third kappa shape index (κ3) is 4.49. The van der Waals surface area contributed by atoms with Crippen LogP contribution in [0.3, 0.4) is 0 Å². The van der Waals surface area contributed by atoms with Gasteiger partial charge in [-0.1, -0.05) is 18.2 Å². The van der Waals surface area contributed by atoms with E-state index >= 15 is 0 Å². The van der Waals surface area contributed by atoms with Gasteiger partial charge < -0.3 is 9.64 Å². The van der Waals surface area contributed by atoms with Crippen LogP contribution in [0.5, 0.6) is 5.75 Å². The second kappa shape index (κ2) is 7.29. The van der Waals surface area contributed by atoms with E-state index < -0.39 is 0 Å². The summed E-state index contributed by atoms with van der Waals surface area (Å²) in [6.45, 7) is 0. The SMILES string of the molecule is COc1ccc(N=C/C=C/c2ccc(N(C)C)cc2)cc1. The average molecular weight is 280 g/mol. The molecule has 0 aliphatic carbocycles. The van der Waals surface area contributed by atoms with E-state index in [9.17, 15) is 0 Å². The number of methoxy groups -OCH3 is 1. The zero-order chi connectivity index (χ0) is 15.1. The molecular weight excluding hydrogens is 260 g/mol. The molecule has 21 heavy (non-hydrogen) atoms. The molecule has 108 valence electrons. The van der Waals surface area contributed by atoms with Gasteiger partial charge in [0.1, 0.15) is 5.75 Å². The summed E-state index contributed by atoms with van der Waals surface area (Å²) in [5.74, 6) is 0.838. The number of hydrogen-bond donors (Lipinski definition) is 0. The predicted octanol–water partition coefficient (Wildman–Crippen LogP) is 4.18. The molecule has 0 N–H and O–H groups in total. The van der Waals surface area contributed by atoms with E-state index in [-0.39, 0.29) is 0 Å². The summed E-state index contributed by atoms with van der Waals surface area (Å²) in [6.07, 6.45) is 5.77. The van der Waals surface area contributed by atoms with Gasteiger partial charge >= 0.3 is 0 Å². The highest BCUT2D eigenvalue weighted by molar-refractivity contribution is 5.80. The molecule has 0 amide bonds. The first-order valence-electron chi connectivity index (χ1n) is 6.81. The van der Waals surface area contributed by atoms with Gasteiger partial charge in [-0.2, -0.15) is 0 Å². The van der Waals surface area contributed by atoms with Crippen LogP contribution >= 0.6 is 0 Å². The Hall–Kier alpha value is -2.55. The van der Waals surface area contributed by atoms with Gasteiger partial charge in [0.25, 0.3) is 0 Å². The van der Waals surface area contributed by atoms with Crippen LogP contribution < -0.4 is 9.64 Å². The predicted molar refractivity (Wildman–Crippen MR) is 90.9 cm³/mol. The molecule has 0 aromatic heterocycles. The maximum atomic E-state index is 5.11. The van der Waals surface area contributed by atoms with Gasteiger partial charge in [0.05, 0.1) is 12.8 Å². The van der Waals surface area contributed by atoms with Crippen LogP contribution in [0.1, 0.15) is 5.56 Å². The molecular formula is C18H20N2O. The number of allylic oxidation sites excluding steroid dienone is 1. The van der Waals surface area contributed by atoms with Crippen molar-refractivity contribution < 1.29 is 4.74 Å². The fraction of sp³-hybridized carbons (Fsp3) is 0.167. The number of hydrogen-bond acceptors (Lipinski definition) is 3. The Morgan fingerprint density at radius 3 is 2.19 bits per heavy atom. The van der Waals surface area contributed by atoms with Crippen molar-refractivity contribution in [1.82, 2.24) is 0 Å². The van der Waals surface area contributed by atoms with Crippen LogP contribution in [0.4, 0.5) is 11.4 Å². The van der Waals surface area contributed by atoms with E-state index in [1.165, 1.54) is 5.69 Å². The van der Waals surface area contributed by atoms with E-state index in [1.54, 1.807) is 13.3 Å².